The molecule has 1 saturated heterocycles. The Bertz CT molecular complexity index is 1240. The van der Waals surface area contributed by atoms with Crippen molar-refractivity contribution in [1.29, 1.82) is 0 Å². The molecule has 4 rings (SSSR count). The SMILES string of the molecule is CCOc1cc(C2CCN(CC)CC2)ccc1Nc1ncc(Cl)c(Nc2ccccc2P(C)(C)=O)n1. The molecule has 192 valence electrons. The van der Waals surface area contributed by atoms with Crippen LogP contribution in [0.2, 0.25) is 5.02 Å². The number of hydrogen-bond acceptors (Lipinski definition) is 7. The van der Waals surface area contributed by atoms with Crippen LogP contribution < -0.4 is 20.7 Å². The average molecular weight is 528 g/mol. The normalized spacial score (nSPS) is 15.0. The summed E-state index contributed by atoms with van der Waals surface area (Å²) in [5.74, 6) is 2.15. The Morgan fingerprint density at radius 2 is 1.83 bits per heavy atom. The number of aromatic nitrogens is 2. The van der Waals surface area contributed by atoms with Crippen LogP contribution in [0.4, 0.5) is 23.1 Å². The fourth-order valence-electron chi connectivity index (χ4n) is 4.57. The second-order valence-corrected chi connectivity index (χ2v) is 13.0. The molecule has 1 aliphatic rings. The van der Waals surface area contributed by atoms with E-state index in [1.54, 1.807) is 19.5 Å². The minimum absolute atomic E-state index is 0.371. The molecular formula is C27H35ClN5O2P. The van der Waals surface area contributed by atoms with Crippen LogP contribution in [-0.2, 0) is 4.57 Å². The van der Waals surface area contributed by atoms with Gasteiger partial charge in [0.25, 0.3) is 0 Å². The molecule has 0 amide bonds. The van der Waals surface area contributed by atoms with Gasteiger partial charge in [0.15, 0.2) is 5.82 Å². The van der Waals surface area contributed by atoms with Crippen LogP contribution in [0, 0.1) is 0 Å². The standard InChI is InChI=1S/C27H35ClN5O2P/c1-5-33-15-13-19(14-16-33)20-11-12-22(24(17-20)35-6-2)31-27-29-18-21(28)26(32-27)30-23-9-7-8-10-25(23)36(3,4)34/h7-12,17-19H,5-6,13-16H2,1-4H3,(H2,29,30,31,32). The van der Waals surface area contributed by atoms with Gasteiger partial charge in [-0.3, -0.25) is 0 Å². The number of benzene rings is 2. The van der Waals surface area contributed by atoms with Crippen molar-refractivity contribution in [3.8, 4) is 5.75 Å². The first-order chi connectivity index (χ1) is 17.3. The van der Waals surface area contributed by atoms with Crippen LogP contribution in [0.15, 0.2) is 48.7 Å². The summed E-state index contributed by atoms with van der Waals surface area (Å²) in [6.45, 7) is 11.6. The van der Waals surface area contributed by atoms with Crippen molar-refractivity contribution in [3.05, 3.63) is 59.2 Å². The zero-order chi connectivity index (χ0) is 25.7. The molecular weight excluding hydrogens is 493 g/mol. The minimum atomic E-state index is -2.49. The smallest absolute Gasteiger partial charge is 0.229 e. The van der Waals surface area contributed by atoms with Gasteiger partial charge in [-0.1, -0.05) is 36.7 Å². The predicted molar refractivity (Wildman–Crippen MR) is 151 cm³/mol. The third kappa shape index (κ3) is 6.39. The van der Waals surface area contributed by atoms with Gasteiger partial charge in [0, 0.05) is 5.30 Å². The van der Waals surface area contributed by atoms with Crippen molar-refractivity contribution >= 4 is 47.2 Å². The number of likely N-dealkylation sites (tertiary alicyclic amines) is 1. The van der Waals surface area contributed by atoms with Crippen molar-refractivity contribution < 1.29 is 9.30 Å². The van der Waals surface area contributed by atoms with E-state index >= 15 is 0 Å². The van der Waals surface area contributed by atoms with Crippen LogP contribution in [0.3, 0.4) is 0 Å². The minimum Gasteiger partial charge on any atom is -0.492 e. The molecule has 0 saturated carbocycles. The number of ether oxygens (including phenoxy) is 1. The van der Waals surface area contributed by atoms with E-state index in [0.717, 1.165) is 49.2 Å². The molecule has 1 fully saturated rings. The van der Waals surface area contributed by atoms with Gasteiger partial charge in [0.2, 0.25) is 5.95 Å². The maximum Gasteiger partial charge on any atom is 0.229 e. The summed E-state index contributed by atoms with van der Waals surface area (Å²) in [4.78, 5) is 11.5. The highest BCUT2D eigenvalue weighted by Crippen LogP contribution is 2.39. The van der Waals surface area contributed by atoms with Crippen LogP contribution in [0.25, 0.3) is 0 Å². The number of rotatable bonds is 9. The molecule has 0 unspecified atom stereocenters. The fourth-order valence-corrected chi connectivity index (χ4v) is 5.86. The first kappa shape index (κ1) is 26.5. The Kier molecular flexibility index (Phi) is 8.55. The number of piperidine rings is 1. The number of anilines is 4. The summed E-state index contributed by atoms with van der Waals surface area (Å²) in [7, 11) is -2.49. The van der Waals surface area contributed by atoms with E-state index in [1.807, 2.05) is 37.3 Å². The topological polar surface area (TPSA) is 79.4 Å². The molecule has 0 radical (unpaired) electrons. The first-order valence-electron chi connectivity index (χ1n) is 12.5. The summed E-state index contributed by atoms with van der Waals surface area (Å²) in [5, 5.41) is 7.65. The van der Waals surface area contributed by atoms with Gasteiger partial charge in [-0.2, -0.15) is 4.98 Å². The molecule has 7 nitrogen and oxygen atoms in total. The second-order valence-electron chi connectivity index (χ2n) is 9.41. The Balaban J connectivity index is 1.56. The van der Waals surface area contributed by atoms with Gasteiger partial charge in [-0.15, -0.1) is 0 Å². The highest BCUT2D eigenvalue weighted by molar-refractivity contribution is 7.70. The largest absolute Gasteiger partial charge is 0.492 e. The lowest BCUT2D eigenvalue weighted by atomic mass is 9.89. The van der Waals surface area contributed by atoms with E-state index in [9.17, 15) is 4.57 Å². The van der Waals surface area contributed by atoms with E-state index < -0.39 is 7.14 Å². The Labute approximate surface area is 219 Å². The molecule has 2 heterocycles. The van der Waals surface area contributed by atoms with Crippen molar-refractivity contribution in [2.24, 2.45) is 0 Å². The number of nitrogens with one attached hydrogen (secondary N) is 2. The Hall–Kier alpha value is -2.60. The van der Waals surface area contributed by atoms with E-state index in [-0.39, 0.29) is 0 Å². The number of halogens is 1. The van der Waals surface area contributed by atoms with E-state index in [4.69, 9.17) is 16.3 Å². The van der Waals surface area contributed by atoms with Gasteiger partial charge in [-0.25, -0.2) is 4.98 Å². The van der Waals surface area contributed by atoms with Crippen molar-refractivity contribution in [2.75, 3.05) is 50.2 Å². The zero-order valence-corrected chi connectivity index (χ0v) is 23.1. The fraction of sp³-hybridized carbons (Fsp3) is 0.407. The highest BCUT2D eigenvalue weighted by Gasteiger charge is 2.21. The maximum atomic E-state index is 12.8. The molecule has 0 aliphatic carbocycles. The first-order valence-corrected chi connectivity index (χ1v) is 15.5. The molecule has 9 heteroatoms. The van der Waals surface area contributed by atoms with Gasteiger partial charge < -0.3 is 24.8 Å². The number of para-hydroxylation sites is 1. The van der Waals surface area contributed by atoms with Crippen LogP contribution in [-0.4, -0.2) is 54.4 Å². The lowest BCUT2D eigenvalue weighted by Crippen LogP contribution is -2.32. The van der Waals surface area contributed by atoms with Crippen LogP contribution in [0.5, 0.6) is 5.75 Å². The summed E-state index contributed by atoms with van der Waals surface area (Å²) in [6, 6.07) is 13.8. The molecule has 36 heavy (non-hydrogen) atoms. The second kappa shape index (κ2) is 11.6. The Morgan fingerprint density at radius 1 is 1.08 bits per heavy atom. The average Bonchev–Trinajstić information content (AvgIpc) is 2.87. The monoisotopic (exact) mass is 527 g/mol. The van der Waals surface area contributed by atoms with Crippen LogP contribution in [0.1, 0.15) is 38.2 Å². The third-order valence-corrected chi connectivity index (χ3v) is 8.37. The summed E-state index contributed by atoms with van der Waals surface area (Å²) < 4.78 is 18.7. The molecule has 1 aliphatic heterocycles. The number of nitrogens with zero attached hydrogens (tertiary/aromatic N) is 3. The molecule has 0 bridgehead atoms. The Morgan fingerprint density at radius 3 is 2.53 bits per heavy atom. The van der Waals surface area contributed by atoms with Gasteiger partial charge in [0.05, 0.1) is 24.2 Å². The summed E-state index contributed by atoms with van der Waals surface area (Å²) in [5.41, 5.74) is 2.82. The van der Waals surface area contributed by atoms with E-state index in [2.05, 4.69) is 44.6 Å². The predicted octanol–water partition coefficient (Wildman–Crippen LogP) is 6.46. The maximum absolute atomic E-state index is 12.8. The van der Waals surface area contributed by atoms with Crippen molar-refractivity contribution in [1.82, 2.24) is 14.9 Å². The summed E-state index contributed by atoms with van der Waals surface area (Å²) >= 11 is 6.41. The van der Waals surface area contributed by atoms with E-state index in [0.29, 0.717) is 35.0 Å². The lowest BCUT2D eigenvalue weighted by molar-refractivity contribution is 0.222. The van der Waals surface area contributed by atoms with Crippen LogP contribution >= 0.6 is 18.7 Å². The van der Waals surface area contributed by atoms with Crippen molar-refractivity contribution in [2.45, 2.75) is 32.6 Å². The zero-order valence-electron chi connectivity index (χ0n) is 21.4. The third-order valence-electron chi connectivity index (χ3n) is 6.54. The molecule has 0 spiro atoms. The quantitative estimate of drug-likeness (QED) is 0.309. The molecule has 0 atom stereocenters. The van der Waals surface area contributed by atoms with Gasteiger partial charge in [-0.05, 0) is 88.5 Å². The van der Waals surface area contributed by atoms with Crippen molar-refractivity contribution in [3.63, 3.8) is 0 Å². The lowest BCUT2D eigenvalue weighted by Gasteiger charge is -2.31. The molecule has 2 aromatic carbocycles. The number of hydrogen-bond donors (Lipinski definition) is 2. The highest BCUT2D eigenvalue weighted by atomic mass is 35.5. The molecule has 1 aromatic heterocycles. The van der Waals surface area contributed by atoms with Gasteiger partial charge in [0.1, 0.15) is 17.9 Å². The van der Waals surface area contributed by atoms with E-state index in [1.165, 1.54) is 5.56 Å². The molecule has 2 N–H and O–H groups in total. The molecule has 3 aromatic rings. The summed E-state index contributed by atoms with van der Waals surface area (Å²) in [6.07, 6.45) is 3.87. The van der Waals surface area contributed by atoms with Gasteiger partial charge >= 0.3 is 0 Å².